The fourth-order valence-corrected chi connectivity index (χ4v) is 5.84. The number of piperidine rings is 1. The maximum atomic E-state index is 13.3. The highest BCUT2D eigenvalue weighted by atomic mass is 32.2. The maximum Gasteiger partial charge on any atom is 0.236 e. The molecule has 0 N–H and O–H groups in total. The quantitative estimate of drug-likeness (QED) is 0.753. The Bertz CT molecular complexity index is 854. The van der Waals surface area contributed by atoms with Gasteiger partial charge in [-0.1, -0.05) is 26.2 Å². The first-order valence-electron chi connectivity index (χ1n) is 10.7. The first kappa shape index (κ1) is 21.2. The number of carbonyl (C=O) groups is 1. The van der Waals surface area contributed by atoms with Crippen molar-refractivity contribution >= 4 is 15.9 Å². The normalized spacial score (nSPS) is 23.1. The van der Waals surface area contributed by atoms with Crippen LogP contribution in [-0.4, -0.2) is 48.1 Å². The smallest absolute Gasteiger partial charge is 0.236 e. The summed E-state index contributed by atoms with van der Waals surface area (Å²) in [6.07, 6.45) is 9.66. The van der Waals surface area contributed by atoms with Gasteiger partial charge in [-0.2, -0.15) is 0 Å². The predicted molar refractivity (Wildman–Crippen MR) is 111 cm³/mol. The Morgan fingerprint density at radius 1 is 1.18 bits per heavy atom. The number of aromatic nitrogens is 1. The van der Waals surface area contributed by atoms with Gasteiger partial charge in [0.05, 0.1) is 17.7 Å². The third-order valence-corrected chi connectivity index (χ3v) is 7.85. The molecule has 28 heavy (non-hydrogen) atoms. The summed E-state index contributed by atoms with van der Waals surface area (Å²) in [7, 11) is -3.27. The van der Waals surface area contributed by atoms with Crippen molar-refractivity contribution in [3.8, 4) is 0 Å². The van der Waals surface area contributed by atoms with Crippen molar-refractivity contribution in [1.29, 1.82) is 0 Å². The van der Waals surface area contributed by atoms with Gasteiger partial charge < -0.3 is 0 Å². The third kappa shape index (κ3) is 5.11. The average Bonchev–Trinajstić information content (AvgIpc) is 2.68. The molecule has 1 aromatic heterocycles. The molecule has 0 radical (unpaired) electrons. The molecule has 3 rings (SSSR count). The summed E-state index contributed by atoms with van der Waals surface area (Å²) in [5, 5.41) is 0. The number of aryl methyl sites for hydroxylation is 1. The van der Waals surface area contributed by atoms with Crippen molar-refractivity contribution in [3.63, 3.8) is 0 Å². The molecule has 0 bridgehead atoms. The number of hydrogen-bond acceptors (Lipinski definition) is 4. The van der Waals surface area contributed by atoms with Gasteiger partial charge >= 0.3 is 0 Å². The standard InChI is InChI=1S/C21H33N3O3S/c1-3-14-28(26,27)23-12-7-8-18(16-23)21(25)24-13-11-17(2)15-20(24)22-19-9-5-4-6-10-19/h11,13,15,18-19H,3-10,12,14,16H2,1-2H3/t18-/m0/s1. The molecular formula is C21H33N3O3S. The lowest BCUT2D eigenvalue weighted by atomic mass is 9.96. The van der Waals surface area contributed by atoms with E-state index in [1.807, 2.05) is 26.0 Å². The number of hydrogen-bond donors (Lipinski definition) is 0. The van der Waals surface area contributed by atoms with Gasteiger partial charge in [0, 0.05) is 19.3 Å². The summed E-state index contributed by atoms with van der Waals surface area (Å²) in [6.45, 7) is 4.68. The second kappa shape index (κ2) is 9.35. The first-order chi connectivity index (χ1) is 13.4. The van der Waals surface area contributed by atoms with Gasteiger partial charge in [0.1, 0.15) is 5.49 Å². The van der Waals surface area contributed by atoms with E-state index in [0.29, 0.717) is 18.5 Å². The molecule has 156 valence electrons. The molecule has 2 aliphatic rings. The van der Waals surface area contributed by atoms with Crippen LogP contribution in [0.5, 0.6) is 0 Å². The molecule has 0 aromatic carbocycles. The zero-order chi connectivity index (χ0) is 20.1. The molecule has 0 unspecified atom stereocenters. The van der Waals surface area contributed by atoms with Gasteiger partial charge in [0.25, 0.3) is 0 Å². The van der Waals surface area contributed by atoms with E-state index in [4.69, 9.17) is 4.99 Å². The SMILES string of the molecule is CCCS(=O)(=O)N1CCC[C@H](C(=O)n2ccc(C)cc2=NC2CCCCC2)C1. The zero-order valence-electron chi connectivity index (χ0n) is 17.1. The predicted octanol–water partition coefficient (Wildman–Crippen LogP) is 3.12. The van der Waals surface area contributed by atoms with Crippen LogP contribution in [0.2, 0.25) is 0 Å². The Morgan fingerprint density at radius 3 is 2.64 bits per heavy atom. The summed E-state index contributed by atoms with van der Waals surface area (Å²) in [6, 6.07) is 4.18. The molecular weight excluding hydrogens is 374 g/mol. The van der Waals surface area contributed by atoms with Crippen LogP contribution in [0.3, 0.4) is 0 Å². The summed E-state index contributed by atoms with van der Waals surface area (Å²) in [5.41, 5.74) is 1.79. The molecule has 1 atom stereocenters. The summed E-state index contributed by atoms with van der Waals surface area (Å²) >= 11 is 0. The number of carbonyl (C=O) groups excluding carboxylic acids is 1. The summed E-state index contributed by atoms with van der Waals surface area (Å²) in [4.78, 5) is 18.2. The Morgan fingerprint density at radius 2 is 1.93 bits per heavy atom. The second-order valence-electron chi connectivity index (χ2n) is 8.20. The molecule has 2 fully saturated rings. The fourth-order valence-electron chi connectivity index (χ4n) is 4.25. The van der Waals surface area contributed by atoms with Crippen LogP contribution in [0, 0.1) is 12.8 Å². The molecule has 1 aromatic rings. The van der Waals surface area contributed by atoms with Gasteiger partial charge in [-0.15, -0.1) is 0 Å². The van der Waals surface area contributed by atoms with E-state index in [9.17, 15) is 13.2 Å². The second-order valence-corrected chi connectivity index (χ2v) is 10.3. The largest absolute Gasteiger partial charge is 0.274 e. The van der Waals surface area contributed by atoms with Crippen LogP contribution in [-0.2, 0) is 10.0 Å². The topological polar surface area (TPSA) is 71.7 Å². The molecule has 1 saturated heterocycles. The minimum Gasteiger partial charge on any atom is -0.274 e. The van der Waals surface area contributed by atoms with Crippen LogP contribution in [0.25, 0.3) is 0 Å². The Labute approximate surface area is 168 Å². The third-order valence-electron chi connectivity index (χ3n) is 5.81. The minimum absolute atomic E-state index is 0.0362. The fraction of sp³-hybridized carbons (Fsp3) is 0.714. The average molecular weight is 408 g/mol. The van der Waals surface area contributed by atoms with Gasteiger partial charge in [0.15, 0.2) is 0 Å². The molecule has 2 heterocycles. The maximum absolute atomic E-state index is 13.3. The monoisotopic (exact) mass is 407 g/mol. The summed E-state index contributed by atoms with van der Waals surface area (Å²) in [5.74, 6) is -0.201. The van der Waals surface area contributed by atoms with Crippen LogP contribution in [0.1, 0.15) is 68.6 Å². The van der Waals surface area contributed by atoms with Crippen molar-refractivity contribution in [2.75, 3.05) is 18.8 Å². The van der Waals surface area contributed by atoms with Crippen LogP contribution < -0.4 is 5.49 Å². The van der Waals surface area contributed by atoms with Crippen molar-refractivity contribution < 1.29 is 13.2 Å². The van der Waals surface area contributed by atoms with Crippen molar-refractivity contribution in [3.05, 3.63) is 29.4 Å². The van der Waals surface area contributed by atoms with E-state index in [-0.39, 0.29) is 30.2 Å². The number of sulfonamides is 1. The number of nitrogens with zero attached hydrogens (tertiary/aromatic N) is 3. The van der Waals surface area contributed by atoms with Crippen molar-refractivity contribution in [2.24, 2.45) is 10.9 Å². The molecule has 6 nitrogen and oxygen atoms in total. The van der Waals surface area contributed by atoms with E-state index < -0.39 is 10.0 Å². The van der Waals surface area contributed by atoms with E-state index in [2.05, 4.69) is 0 Å². The zero-order valence-corrected chi connectivity index (χ0v) is 18.0. The van der Waals surface area contributed by atoms with Crippen molar-refractivity contribution in [2.45, 2.75) is 71.3 Å². The van der Waals surface area contributed by atoms with Gasteiger partial charge in [-0.05, 0) is 56.7 Å². The number of pyridine rings is 1. The Hall–Kier alpha value is -1.47. The lowest BCUT2D eigenvalue weighted by Crippen LogP contribution is -2.45. The highest BCUT2D eigenvalue weighted by molar-refractivity contribution is 7.89. The van der Waals surface area contributed by atoms with Crippen LogP contribution in [0.15, 0.2) is 23.3 Å². The lowest BCUT2D eigenvalue weighted by Gasteiger charge is -2.31. The van der Waals surface area contributed by atoms with Gasteiger partial charge in [0.2, 0.25) is 15.9 Å². The number of rotatable bonds is 5. The Balaban J connectivity index is 1.85. The Kier molecular flexibility index (Phi) is 7.10. The molecule has 0 spiro atoms. The van der Waals surface area contributed by atoms with Gasteiger partial charge in [-0.3, -0.25) is 14.4 Å². The first-order valence-corrected chi connectivity index (χ1v) is 12.3. The highest BCUT2D eigenvalue weighted by Gasteiger charge is 2.32. The van der Waals surface area contributed by atoms with E-state index in [1.165, 1.54) is 23.6 Å². The van der Waals surface area contributed by atoms with Crippen LogP contribution >= 0.6 is 0 Å². The van der Waals surface area contributed by atoms with Crippen LogP contribution in [0.4, 0.5) is 0 Å². The van der Waals surface area contributed by atoms with E-state index in [1.54, 1.807) is 10.8 Å². The molecule has 0 amide bonds. The molecule has 1 aliphatic heterocycles. The molecule has 1 saturated carbocycles. The highest BCUT2D eigenvalue weighted by Crippen LogP contribution is 2.22. The van der Waals surface area contributed by atoms with E-state index in [0.717, 1.165) is 31.2 Å². The van der Waals surface area contributed by atoms with E-state index >= 15 is 0 Å². The summed E-state index contributed by atoms with van der Waals surface area (Å²) < 4.78 is 28.1. The lowest BCUT2D eigenvalue weighted by molar-refractivity contribution is 0.0778. The minimum atomic E-state index is -3.27. The molecule has 1 aliphatic carbocycles. The molecule has 7 heteroatoms. The van der Waals surface area contributed by atoms with Gasteiger partial charge in [-0.25, -0.2) is 12.7 Å². The van der Waals surface area contributed by atoms with Crippen molar-refractivity contribution in [1.82, 2.24) is 8.87 Å².